The van der Waals surface area contributed by atoms with Crippen molar-refractivity contribution >= 4 is 5.78 Å². The molecule has 1 saturated carbocycles. The molecule has 0 aromatic rings. The van der Waals surface area contributed by atoms with Gasteiger partial charge in [0.2, 0.25) is 0 Å². The monoisotopic (exact) mass is 222 g/mol. The average Bonchev–Trinajstić information content (AvgIpc) is 2.62. The van der Waals surface area contributed by atoms with Crippen LogP contribution in [0.1, 0.15) is 51.4 Å². The van der Waals surface area contributed by atoms with Gasteiger partial charge in [0.25, 0.3) is 0 Å². The van der Waals surface area contributed by atoms with E-state index in [0.29, 0.717) is 12.3 Å². The van der Waals surface area contributed by atoms with Crippen LogP contribution < -0.4 is 0 Å². The molecule has 1 nitrogen and oxygen atoms in total. The van der Waals surface area contributed by atoms with Gasteiger partial charge in [-0.25, -0.2) is 0 Å². The van der Waals surface area contributed by atoms with E-state index in [1.807, 2.05) is 0 Å². The molecule has 0 radical (unpaired) electrons. The summed E-state index contributed by atoms with van der Waals surface area (Å²) in [7, 11) is 0. The van der Waals surface area contributed by atoms with E-state index in [-0.39, 0.29) is 12.2 Å². The Morgan fingerprint density at radius 3 is 2.27 bits per heavy atom. The van der Waals surface area contributed by atoms with Crippen LogP contribution >= 0.6 is 0 Å². The molecule has 15 heavy (non-hydrogen) atoms. The predicted molar refractivity (Wildman–Crippen MR) is 51.5 cm³/mol. The lowest BCUT2D eigenvalue weighted by Crippen LogP contribution is -2.11. The Labute approximate surface area is 88.0 Å². The van der Waals surface area contributed by atoms with Crippen molar-refractivity contribution in [1.82, 2.24) is 0 Å². The van der Waals surface area contributed by atoms with Crippen LogP contribution in [-0.2, 0) is 4.79 Å². The van der Waals surface area contributed by atoms with Crippen LogP contribution in [0.5, 0.6) is 0 Å². The van der Waals surface area contributed by atoms with E-state index in [9.17, 15) is 18.0 Å². The minimum absolute atomic E-state index is 0.237. The molecular formula is C11H17F3O. The zero-order chi connectivity index (χ0) is 11.3. The van der Waals surface area contributed by atoms with E-state index in [4.69, 9.17) is 0 Å². The summed E-state index contributed by atoms with van der Waals surface area (Å²) in [4.78, 5) is 11.1. The first-order valence-electron chi connectivity index (χ1n) is 5.56. The fourth-order valence-electron chi connectivity index (χ4n) is 2.07. The summed E-state index contributed by atoms with van der Waals surface area (Å²) in [6.45, 7) is 0. The van der Waals surface area contributed by atoms with Gasteiger partial charge in [-0.3, -0.25) is 4.79 Å². The van der Waals surface area contributed by atoms with E-state index < -0.39 is 12.6 Å². The van der Waals surface area contributed by atoms with Gasteiger partial charge in [0, 0.05) is 12.8 Å². The topological polar surface area (TPSA) is 17.1 Å². The fourth-order valence-corrected chi connectivity index (χ4v) is 2.07. The summed E-state index contributed by atoms with van der Waals surface area (Å²) in [5, 5.41) is 0. The smallest absolute Gasteiger partial charge is 0.300 e. The van der Waals surface area contributed by atoms with Gasteiger partial charge in [-0.05, 0) is 12.3 Å². The molecule has 0 aromatic carbocycles. The van der Waals surface area contributed by atoms with Crippen molar-refractivity contribution in [1.29, 1.82) is 0 Å². The molecule has 1 rings (SSSR count). The number of Topliss-reactive ketones (excluding diaryl/α,β-unsaturated/α-hetero) is 1. The van der Waals surface area contributed by atoms with Crippen molar-refractivity contribution in [3.8, 4) is 0 Å². The highest BCUT2D eigenvalue weighted by Crippen LogP contribution is 2.29. The third kappa shape index (κ3) is 5.80. The molecule has 0 saturated heterocycles. The first kappa shape index (κ1) is 12.5. The number of halogens is 3. The first-order valence-corrected chi connectivity index (χ1v) is 5.56. The van der Waals surface area contributed by atoms with Crippen molar-refractivity contribution in [3.05, 3.63) is 0 Å². The molecule has 0 heterocycles. The first-order chi connectivity index (χ1) is 6.97. The molecule has 0 unspecified atom stereocenters. The zero-order valence-electron chi connectivity index (χ0n) is 8.78. The minimum Gasteiger partial charge on any atom is -0.300 e. The summed E-state index contributed by atoms with van der Waals surface area (Å²) < 4.78 is 35.4. The van der Waals surface area contributed by atoms with Gasteiger partial charge in [0.1, 0.15) is 5.78 Å². The number of carbonyl (C=O) groups excluding carboxylic acids is 1. The lowest BCUT2D eigenvalue weighted by molar-refractivity contribution is -0.143. The van der Waals surface area contributed by atoms with Crippen LogP contribution in [0.3, 0.4) is 0 Å². The summed E-state index contributed by atoms with van der Waals surface area (Å²) in [5.74, 6) is 0.346. The number of rotatable bonds is 5. The second kappa shape index (κ2) is 5.52. The van der Waals surface area contributed by atoms with Crippen molar-refractivity contribution in [2.75, 3.05) is 0 Å². The fraction of sp³-hybridized carbons (Fsp3) is 0.909. The molecule has 0 N–H and O–H groups in total. The Kier molecular flexibility index (Phi) is 4.61. The zero-order valence-corrected chi connectivity index (χ0v) is 8.78. The Hall–Kier alpha value is -0.540. The maximum atomic E-state index is 11.8. The number of ketones is 1. The number of alkyl halides is 3. The molecule has 0 atom stereocenters. The number of hydrogen-bond donors (Lipinski definition) is 0. The van der Waals surface area contributed by atoms with Gasteiger partial charge in [-0.2, -0.15) is 13.2 Å². The molecule has 88 valence electrons. The molecular weight excluding hydrogens is 205 g/mol. The van der Waals surface area contributed by atoms with E-state index in [2.05, 4.69) is 0 Å². The van der Waals surface area contributed by atoms with Crippen molar-refractivity contribution in [2.24, 2.45) is 5.92 Å². The van der Waals surface area contributed by atoms with Gasteiger partial charge in [0.05, 0.1) is 6.42 Å². The molecule has 0 amide bonds. The summed E-state index contributed by atoms with van der Waals surface area (Å²) in [5.41, 5.74) is 0. The van der Waals surface area contributed by atoms with Crippen molar-refractivity contribution in [2.45, 2.75) is 57.5 Å². The van der Waals surface area contributed by atoms with Crippen LogP contribution in [-0.4, -0.2) is 12.0 Å². The number of hydrogen-bond acceptors (Lipinski definition) is 1. The van der Waals surface area contributed by atoms with Gasteiger partial charge in [0.15, 0.2) is 0 Å². The minimum atomic E-state index is -4.19. The largest absolute Gasteiger partial charge is 0.389 e. The summed E-state index contributed by atoms with van der Waals surface area (Å²) in [6, 6.07) is 0. The van der Waals surface area contributed by atoms with E-state index in [1.54, 1.807) is 0 Å². The van der Waals surface area contributed by atoms with Gasteiger partial charge >= 0.3 is 6.18 Å². The highest BCUT2D eigenvalue weighted by atomic mass is 19.4. The maximum Gasteiger partial charge on any atom is 0.389 e. The Morgan fingerprint density at radius 1 is 1.13 bits per heavy atom. The second-order valence-corrected chi connectivity index (χ2v) is 4.34. The van der Waals surface area contributed by atoms with E-state index >= 15 is 0 Å². The van der Waals surface area contributed by atoms with Crippen LogP contribution in [0, 0.1) is 5.92 Å². The molecule has 0 aliphatic heterocycles. The molecule has 1 aliphatic rings. The van der Waals surface area contributed by atoms with Crippen LogP contribution in [0.15, 0.2) is 0 Å². The molecule has 4 heteroatoms. The summed E-state index contributed by atoms with van der Waals surface area (Å²) in [6.07, 6.45) is 0.342. The van der Waals surface area contributed by atoms with Gasteiger partial charge in [-0.1, -0.05) is 25.7 Å². The second-order valence-electron chi connectivity index (χ2n) is 4.34. The molecule has 0 aromatic heterocycles. The lowest BCUT2D eigenvalue weighted by atomic mass is 9.99. The van der Waals surface area contributed by atoms with Crippen LogP contribution in [0.25, 0.3) is 0 Å². The lowest BCUT2D eigenvalue weighted by Gasteiger charge is -2.08. The quantitative estimate of drug-likeness (QED) is 0.690. The highest BCUT2D eigenvalue weighted by molar-refractivity contribution is 5.78. The van der Waals surface area contributed by atoms with E-state index in [1.165, 1.54) is 12.8 Å². The van der Waals surface area contributed by atoms with Gasteiger partial charge < -0.3 is 0 Å². The molecule has 0 spiro atoms. The van der Waals surface area contributed by atoms with E-state index in [0.717, 1.165) is 19.3 Å². The third-order valence-electron chi connectivity index (χ3n) is 2.99. The SMILES string of the molecule is O=C(CCC1CCCC1)CCC(F)(F)F. The van der Waals surface area contributed by atoms with Crippen molar-refractivity contribution in [3.63, 3.8) is 0 Å². The van der Waals surface area contributed by atoms with Crippen LogP contribution in [0.2, 0.25) is 0 Å². The Balaban J connectivity index is 2.08. The molecule has 0 bridgehead atoms. The standard InChI is InChI=1S/C11H17F3O/c12-11(13,14)8-7-10(15)6-5-9-3-1-2-4-9/h9H,1-8H2. The number of carbonyl (C=O) groups is 1. The molecule has 1 aliphatic carbocycles. The van der Waals surface area contributed by atoms with Crippen molar-refractivity contribution < 1.29 is 18.0 Å². The van der Waals surface area contributed by atoms with Gasteiger partial charge in [-0.15, -0.1) is 0 Å². The maximum absolute atomic E-state index is 11.8. The predicted octanol–water partition coefficient (Wildman–Crippen LogP) is 3.87. The third-order valence-corrected chi connectivity index (χ3v) is 2.99. The Bertz CT molecular complexity index is 204. The highest BCUT2D eigenvalue weighted by Gasteiger charge is 2.27. The Morgan fingerprint density at radius 2 is 1.73 bits per heavy atom. The summed E-state index contributed by atoms with van der Waals surface area (Å²) >= 11 is 0. The van der Waals surface area contributed by atoms with Crippen LogP contribution in [0.4, 0.5) is 13.2 Å². The average molecular weight is 222 g/mol. The molecule has 1 fully saturated rings. The normalized spacial score (nSPS) is 18.3.